The third kappa shape index (κ3) is 7.41. The fraction of sp³-hybridized carbons (Fsp3) is 0.148. The van der Waals surface area contributed by atoms with Gasteiger partial charge in [-0.2, -0.15) is 5.10 Å². The molecule has 0 saturated heterocycles. The van der Waals surface area contributed by atoms with Gasteiger partial charge in [-0.25, -0.2) is 5.43 Å². The molecule has 0 saturated carbocycles. The molecule has 3 aromatic rings. The first-order valence-electron chi connectivity index (χ1n) is 11.2. The molecule has 8 heteroatoms. The normalized spacial score (nSPS) is 11.3. The van der Waals surface area contributed by atoms with Crippen molar-refractivity contribution < 1.29 is 14.7 Å². The third-order valence-corrected chi connectivity index (χ3v) is 5.89. The van der Waals surface area contributed by atoms with Crippen molar-refractivity contribution in [3.63, 3.8) is 0 Å². The van der Waals surface area contributed by atoms with E-state index in [1.165, 1.54) is 6.21 Å². The fourth-order valence-corrected chi connectivity index (χ4v) is 3.84. The molecule has 0 bridgehead atoms. The number of phenols is 1. The Balaban J connectivity index is 1.84. The van der Waals surface area contributed by atoms with Crippen LogP contribution in [0.4, 0.5) is 5.69 Å². The first-order chi connectivity index (χ1) is 16.9. The zero-order valence-electron chi connectivity index (χ0n) is 19.5. The molecular formula is C27H27IN4O3. The van der Waals surface area contributed by atoms with Gasteiger partial charge in [-0.05, 0) is 90.5 Å². The summed E-state index contributed by atoms with van der Waals surface area (Å²) in [4.78, 5) is 27.9. The number of nitrogens with zero attached hydrogens (tertiary/aromatic N) is 2. The molecule has 3 N–H and O–H groups in total. The van der Waals surface area contributed by atoms with E-state index in [0.717, 1.165) is 27.9 Å². The number of hydrogen-bond acceptors (Lipinski definition) is 5. The van der Waals surface area contributed by atoms with Crippen LogP contribution in [0.5, 0.6) is 5.75 Å². The lowest BCUT2D eigenvalue weighted by Gasteiger charge is -2.20. The third-order valence-electron chi connectivity index (χ3n) is 5.22. The highest BCUT2D eigenvalue weighted by Gasteiger charge is 2.14. The van der Waals surface area contributed by atoms with Crippen LogP contribution in [-0.4, -0.2) is 36.2 Å². The average molecular weight is 582 g/mol. The number of amides is 2. The molecule has 0 spiro atoms. The van der Waals surface area contributed by atoms with Gasteiger partial charge in [0.15, 0.2) is 0 Å². The van der Waals surface area contributed by atoms with Crippen LogP contribution in [0.15, 0.2) is 83.6 Å². The van der Waals surface area contributed by atoms with Gasteiger partial charge in [0.1, 0.15) is 11.4 Å². The van der Waals surface area contributed by atoms with E-state index in [4.69, 9.17) is 0 Å². The number of carbonyl (C=O) groups is 2. The Hall–Kier alpha value is -3.66. The predicted octanol–water partition coefficient (Wildman–Crippen LogP) is 4.76. The molecule has 0 heterocycles. The minimum atomic E-state index is -0.594. The second kappa shape index (κ2) is 12.7. The number of anilines is 1. The number of aromatic hydroxyl groups is 1. The Morgan fingerprint density at radius 1 is 1.00 bits per heavy atom. The quantitative estimate of drug-likeness (QED) is 0.147. The maximum Gasteiger partial charge on any atom is 0.287 e. The monoisotopic (exact) mass is 582 g/mol. The Kier molecular flexibility index (Phi) is 9.42. The summed E-state index contributed by atoms with van der Waals surface area (Å²) in [7, 11) is 0. The molecule has 0 aliphatic carbocycles. The molecule has 2 amide bonds. The van der Waals surface area contributed by atoms with Gasteiger partial charge in [0.25, 0.3) is 11.8 Å². The van der Waals surface area contributed by atoms with Gasteiger partial charge in [-0.3, -0.25) is 9.59 Å². The Morgan fingerprint density at radius 3 is 2.34 bits per heavy atom. The van der Waals surface area contributed by atoms with E-state index < -0.39 is 11.8 Å². The summed E-state index contributed by atoms with van der Waals surface area (Å²) in [6.45, 7) is 5.96. The van der Waals surface area contributed by atoms with Crippen LogP contribution in [0.1, 0.15) is 35.3 Å². The topological polar surface area (TPSA) is 94.0 Å². The van der Waals surface area contributed by atoms with Crippen molar-refractivity contribution in [3.8, 4) is 5.75 Å². The largest absolute Gasteiger partial charge is 0.507 e. The smallest absolute Gasteiger partial charge is 0.287 e. The van der Waals surface area contributed by atoms with E-state index in [0.29, 0.717) is 11.1 Å². The number of rotatable bonds is 9. The van der Waals surface area contributed by atoms with Crippen molar-refractivity contribution in [3.05, 3.63) is 98.8 Å². The first kappa shape index (κ1) is 26.0. The molecule has 0 aliphatic heterocycles. The number of carbonyl (C=O) groups excluding carboxylic acids is 2. The van der Waals surface area contributed by atoms with Gasteiger partial charge < -0.3 is 15.3 Å². The van der Waals surface area contributed by atoms with Crippen molar-refractivity contribution in [1.82, 2.24) is 10.7 Å². The van der Waals surface area contributed by atoms with E-state index in [9.17, 15) is 14.7 Å². The number of phenolic OH excluding ortho intramolecular Hbond substituents is 1. The van der Waals surface area contributed by atoms with E-state index in [1.807, 2.05) is 30.3 Å². The fourth-order valence-electron chi connectivity index (χ4n) is 3.33. The summed E-state index contributed by atoms with van der Waals surface area (Å²) >= 11 is 2.12. The lowest BCUT2D eigenvalue weighted by molar-refractivity contribution is -0.117. The lowest BCUT2D eigenvalue weighted by Crippen LogP contribution is -2.32. The molecule has 0 aliphatic rings. The standard InChI is InChI=1S/C27H27IN4O3/c1-3-32(4-2)23-13-10-19(11-14-23)16-24(30-26(34)20-8-6-5-7-9-20)27(35)31-29-18-21-17-22(28)12-15-25(21)33/h5-18,33H,3-4H2,1-2H3,(H,30,34)(H,31,35)/b24-16+,29-18+. The summed E-state index contributed by atoms with van der Waals surface area (Å²) in [5.41, 5.74) is 5.18. The van der Waals surface area contributed by atoms with Crippen LogP contribution in [0.2, 0.25) is 0 Å². The summed E-state index contributed by atoms with van der Waals surface area (Å²) in [6, 6.07) is 21.4. The molecule has 0 aromatic heterocycles. The molecule has 0 radical (unpaired) electrons. The average Bonchev–Trinajstić information content (AvgIpc) is 2.87. The van der Waals surface area contributed by atoms with Crippen LogP contribution in [0.3, 0.4) is 0 Å². The predicted molar refractivity (Wildman–Crippen MR) is 148 cm³/mol. The summed E-state index contributed by atoms with van der Waals surface area (Å²) < 4.78 is 0.914. The van der Waals surface area contributed by atoms with Gasteiger partial charge in [0, 0.05) is 33.5 Å². The van der Waals surface area contributed by atoms with Gasteiger partial charge in [-0.1, -0.05) is 30.3 Å². The molecule has 0 unspecified atom stereocenters. The van der Waals surface area contributed by atoms with Crippen molar-refractivity contribution in [2.75, 3.05) is 18.0 Å². The Labute approximate surface area is 218 Å². The van der Waals surface area contributed by atoms with E-state index in [-0.39, 0.29) is 11.4 Å². The van der Waals surface area contributed by atoms with Gasteiger partial charge >= 0.3 is 0 Å². The number of hydrogen-bond donors (Lipinski definition) is 3. The Bertz CT molecular complexity index is 1220. The number of nitrogens with one attached hydrogen (secondary N) is 2. The van der Waals surface area contributed by atoms with Crippen molar-refractivity contribution in [1.29, 1.82) is 0 Å². The molecule has 180 valence electrons. The highest BCUT2D eigenvalue weighted by atomic mass is 127. The van der Waals surface area contributed by atoms with Crippen molar-refractivity contribution in [2.45, 2.75) is 13.8 Å². The maximum absolute atomic E-state index is 12.9. The summed E-state index contributed by atoms with van der Waals surface area (Å²) in [5, 5.41) is 16.6. The molecule has 3 aromatic carbocycles. The van der Waals surface area contributed by atoms with E-state index in [2.05, 4.69) is 57.2 Å². The highest BCUT2D eigenvalue weighted by molar-refractivity contribution is 14.1. The highest BCUT2D eigenvalue weighted by Crippen LogP contribution is 2.18. The van der Waals surface area contributed by atoms with E-state index in [1.54, 1.807) is 48.5 Å². The molecule has 3 rings (SSSR count). The molecular weight excluding hydrogens is 555 g/mol. The summed E-state index contributed by atoms with van der Waals surface area (Å²) in [5.74, 6) is -0.959. The van der Waals surface area contributed by atoms with Gasteiger partial charge in [-0.15, -0.1) is 0 Å². The zero-order chi connectivity index (χ0) is 25.2. The van der Waals surface area contributed by atoms with Crippen LogP contribution in [-0.2, 0) is 4.79 Å². The molecule has 35 heavy (non-hydrogen) atoms. The first-order valence-corrected chi connectivity index (χ1v) is 12.2. The van der Waals surface area contributed by atoms with Crippen molar-refractivity contribution in [2.24, 2.45) is 5.10 Å². The van der Waals surface area contributed by atoms with Gasteiger partial charge in [0.05, 0.1) is 6.21 Å². The number of hydrazone groups is 1. The number of halogens is 1. The minimum Gasteiger partial charge on any atom is -0.507 e. The maximum atomic E-state index is 12.9. The second-order valence-electron chi connectivity index (χ2n) is 7.54. The SMILES string of the molecule is CCN(CC)c1ccc(/C=C(/NC(=O)c2ccccc2)C(=O)N/N=C/c2cc(I)ccc2O)cc1. The van der Waals surface area contributed by atoms with Crippen LogP contribution >= 0.6 is 22.6 Å². The number of benzene rings is 3. The van der Waals surface area contributed by atoms with Crippen LogP contribution in [0.25, 0.3) is 6.08 Å². The van der Waals surface area contributed by atoms with E-state index >= 15 is 0 Å². The molecule has 0 atom stereocenters. The zero-order valence-corrected chi connectivity index (χ0v) is 21.7. The lowest BCUT2D eigenvalue weighted by atomic mass is 10.1. The molecule has 7 nitrogen and oxygen atoms in total. The van der Waals surface area contributed by atoms with Crippen LogP contribution in [0, 0.1) is 3.57 Å². The van der Waals surface area contributed by atoms with Crippen LogP contribution < -0.4 is 15.6 Å². The Morgan fingerprint density at radius 2 is 1.69 bits per heavy atom. The second-order valence-corrected chi connectivity index (χ2v) is 8.79. The van der Waals surface area contributed by atoms with Gasteiger partial charge in [0.2, 0.25) is 0 Å². The van der Waals surface area contributed by atoms with Crippen molar-refractivity contribution >= 4 is 52.4 Å². The summed E-state index contributed by atoms with van der Waals surface area (Å²) in [6.07, 6.45) is 2.95. The molecule has 0 fully saturated rings. The minimum absolute atomic E-state index is 0.0402.